The fourth-order valence-electron chi connectivity index (χ4n) is 2.31. The van der Waals surface area contributed by atoms with Crippen molar-refractivity contribution in [3.63, 3.8) is 0 Å². The van der Waals surface area contributed by atoms with E-state index in [9.17, 15) is 19.2 Å². The third kappa shape index (κ3) is 5.44. The molecule has 3 N–H and O–H groups in total. The quantitative estimate of drug-likeness (QED) is 0.584. The van der Waals surface area contributed by atoms with Crippen LogP contribution in [0.1, 0.15) is 33.8 Å². The minimum Gasteiger partial charge on any atom is -0.459 e. The Balaban J connectivity index is 1.44. The molecule has 1 aliphatic carbocycles. The molecule has 0 aliphatic heterocycles. The molecule has 1 aromatic carbocycles. The van der Waals surface area contributed by atoms with Gasteiger partial charge in [0.2, 0.25) is 0 Å². The molecule has 28 heavy (non-hydrogen) atoms. The Labute approximate surface area is 160 Å². The molecule has 0 saturated heterocycles. The van der Waals surface area contributed by atoms with E-state index in [4.69, 9.17) is 9.15 Å². The fourth-order valence-corrected chi connectivity index (χ4v) is 2.31. The van der Waals surface area contributed by atoms with Gasteiger partial charge >= 0.3 is 5.97 Å². The highest BCUT2D eigenvalue weighted by molar-refractivity contribution is 6.04. The minimum atomic E-state index is -0.783. The Hall–Kier alpha value is -3.62. The third-order valence-electron chi connectivity index (χ3n) is 3.86. The summed E-state index contributed by atoms with van der Waals surface area (Å²) < 4.78 is 9.71. The number of benzene rings is 1. The standard InChI is InChI=1S/C19H19N3O6/c23-16(11-28-17(24)10-20-19(26)15-6-3-9-27-15)22-14-5-2-1-4-13(14)18(25)21-12-7-8-12/h1-6,9,12H,7-8,10-11H2,(H,20,26)(H,21,25)(H,22,23). The lowest BCUT2D eigenvalue weighted by molar-refractivity contribution is -0.146. The molecule has 1 aliphatic rings. The van der Waals surface area contributed by atoms with Crippen molar-refractivity contribution in [1.29, 1.82) is 0 Å². The van der Waals surface area contributed by atoms with Gasteiger partial charge in [-0.3, -0.25) is 19.2 Å². The second-order valence-corrected chi connectivity index (χ2v) is 6.16. The minimum absolute atomic E-state index is 0.0617. The molecule has 0 unspecified atom stereocenters. The smallest absolute Gasteiger partial charge is 0.325 e. The van der Waals surface area contributed by atoms with Crippen molar-refractivity contribution >= 4 is 29.4 Å². The average molecular weight is 385 g/mol. The number of rotatable bonds is 8. The lowest BCUT2D eigenvalue weighted by Crippen LogP contribution is -2.32. The summed E-state index contributed by atoms with van der Waals surface area (Å²) in [6.07, 6.45) is 3.24. The summed E-state index contributed by atoms with van der Waals surface area (Å²) in [5, 5.41) is 7.71. The average Bonchev–Trinajstić information content (AvgIpc) is 3.32. The zero-order valence-corrected chi connectivity index (χ0v) is 14.9. The number of esters is 1. The van der Waals surface area contributed by atoms with Gasteiger partial charge in [-0.15, -0.1) is 0 Å². The van der Waals surface area contributed by atoms with Gasteiger partial charge in [0.05, 0.1) is 17.5 Å². The van der Waals surface area contributed by atoms with Crippen molar-refractivity contribution in [2.75, 3.05) is 18.5 Å². The van der Waals surface area contributed by atoms with Crippen molar-refractivity contribution in [3.8, 4) is 0 Å². The summed E-state index contributed by atoms with van der Waals surface area (Å²) in [5.74, 6) is -2.16. The van der Waals surface area contributed by atoms with E-state index in [1.54, 1.807) is 30.3 Å². The van der Waals surface area contributed by atoms with E-state index in [0.717, 1.165) is 12.8 Å². The summed E-state index contributed by atoms with van der Waals surface area (Å²) in [6, 6.07) is 9.74. The van der Waals surface area contributed by atoms with Crippen LogP contribution < -0.4 is 16.0 Å². The van der Waals surface area contributed by atoms with Gasteiger partial charge in [0, 0.05) is 6.04 Å². The Kier molecular flexibility index (Phi) is 6.05. The summed E-state index contributed by atoms with van der Waals surface area (Å²) >= 11 is 0. The maximum absolute atomic E-state index is 12.2. The van der Waals surface area contributed by atoms with Crippen LogP contribution in [-0.2, 0) is 14.3 Å². The largest absolute Gasteiger partial charge is 0.459 e. The third-order valence-corrected chi connectivity index (χ3v) is 3.86. The first kappa shape index (κ1) is 19.2. The molecule has 0 radical (unpaired) electrons. The SMILES string of the molecule is O=C(COC(=O)CNC(=O)c1ccco1)Nc1ccccc1C(=O)NC1CC1. The van der Waals surface area contributed by atoms with Crippen LogP contribution in [0.15, 0.2) is 47.1 Å². The molecule has 3 amide bonds. The fraction of sp³-hybridized carbons (Fsp3) is 0.263. The van der Waals surface area contributed by atoms with Crippen LogP contribution in [0.2, 0.25) is 0 Å². The van der Waals surface area contributed by atoms with Gasteiger partial charge in [0.25, 0.3) is 17.7 Å². The van der Waals surface area contributed by atoms with E-state index in [1.807, 2.05) is 0 Å². The number of amides is 3. The highest BCUT2D eigenvalue weighted by atomic mass is 16.5. The molecule has 0 atom stereocenters. The van der Waals surface area contributed by atoms with Gasteiger partial charge in [-0.1, -0.05) is 12.1 Å². The molecule has 2 aromatic rings. The Morgan fingerprint density at radius 1 is 1.04 bits per heavy atom. The zero-order valence-electron chi connectivity index (χ0n) is 14.9. The van der Waals surface area contributed by atoms with Crippen LogP contribution >= 0.6 is 0 Å². The molecule has 146 valence electrons. The van der Waals surface area contributed by atoms with Crippen molar-refractivity contribution < 1.29 is 28.3 Å². The molecule has 1 saturated carbocycles. The highest BCUT2D eigenvalue weighted by Crippen LogP contribution is 2.21. The number of nitrogens with one attached hydrogen (secondary N) is 3. The van der Waals surface area contributed by atoms with Crippen molar-refractivity contribution in [1.82, 2.24) is 10.6 Å². The van der Waals surface area contributed by atoms with Gasteiger partial charge in [-0.25, -0.2) is 0 Å². The number of carbonyl (C=O) groups excluding carboxylic acids is 4. The summed E-state index contributed by atoms with van der Waals surface area (Å²) in [7, 11) is 0. The lowest BCUT2D eigenvalue weighted by atomic mass is 10.1. The van der Waals surface area contributed by atoms with Gasteiger partial charge in [0.1, 0.15) is 6.54 Å². The monoisotopic (exact) mass is 385 g/mol. The number of para-hydroxylation sites is 1. The lowest BCUT2D eigenvalue weighted by Gasteiger charge is -2.11. The maximum atomic E-state index is 12.2. The van der Waals surface area contributed by atoms with Crippen molar-refractivity contribution in [2.24, 2.45) is 0 Å². The summed E-state index contributed by atoms with van der Waals surface area (Å²) in [4.78, 5) is 47.6. The van der Waals surface area contributed by atoms with E-state index in [2.05, 4.69) is 16.0 Å². The second-order valence-electron chi connectivity index (χ2n) is 6.16. The number of hydrogen-bond acceptors (Lipinski definition) is 6. The highest BCUT2D eigenvalue weighted by Gasteiger charge is 2.25. The van der Waals surface area contributed by atoms with Gasteiger partial charge in [-0.2, -0.15) is 0 Å². The molecule has 1 aromatic heterocycles. The topological polar surface area (TPSA) is 127 Å². The summed E-state index contributed by atoms with van der Waals surface area (Å²) in [5.41, 5.74) is 0.660. The Bertz CT molecular complexity index is 874. The molecule has 9 heteroatoms. The zero-order chi connectivity index (χ0) is 19.9. The molecule has 1 heterocycles. The summed E-state index contributed by atoms with van der Waals surface area (Å²) in [6.45, 7) is -0.957. The number of ether oxygens (including phenoxy) is 1. The number of anilines is 1. The molecule has 0 bridgehead atoms. The van der Waals surface area contributed by atoms with E-state index >= 15 is 0 Å². The van der Waals surface area contributed by atoms with Crippen molar-refractivity contribution in [3.05, 3.63) is 54.0 Å². The predicted octanol–water partition coefficient (Wildman–Crippen LogP) is 1.08. The van der Waals surface area contributed by atoms with E-state index < -0.39 is 30.9 Å². The van der Waals surface area contributed by atoms with Crippen LogP contribution in [0.25, 0.3) is 0 Å². The second kappa shape index (κ2) is 8.85. The number of hydrogen-bond donors (Lipinski definition) is 3. The van der Waals surface area contributed by atoms with E-state index in [1.165, 1.54) is 12.3 Å². The van der Waals surface area contributed by atoms with Crippen LogP contribution in [-0.4, -0.2) is 42.9 Å². The molecule has 0 spiro atoms. The van der Waals surface area contributed by atoms with Gasteiger partial charge in [-0.05, 0) is 37.1 Å². The van der Waals surface area contributed by atoms with Crippen LogP contribution in [0, 0.1) is 0 Å². The van der Waals surface area contributed by atoms with Crippen LogP contribution in [0.3, 0.4) is 0 Å². The van der Waals surface area contributed by atoms with Crippen LogP contribution in [0.5, 0.6) is 0 Å². The normalized spacial score (nSPS) is 12.7. The molecule has 3 rings (SSSR count). The molecular formula is C19H19N3O6. The van der Waals surface area contributed by atoms with E-state index in [0.29, 0.717) is 11.3 Å². The first-order valence-corrected chi connectivity index (χ1v) is 8.70. The number of furan rings is 1. The van der Waals surface area contributed by atoms with E-state index in [-0.39, 0.29) is 17.7 Å². The molecule has 1 fully saturated rings. The van der Waals surface area contributed by atoms with Gasteiger partial charge < -0.3 is 25.1 Å². The Morgan fingerprint density at radius 3 is 2.54 bits per heavy atom. The Morgan fingerprint density at radius 2 is 1.82 bits per heavy atom. The molecule has 9 nitrogen and oxygen atoms in total. The first-order valence-electron chi connectivity index (χ1n) is 8.70. The molecular weight excluding hydrogens is 366 g/mol. The first-order chi connectivity index (χ1) is 13.5. The van der Waals surface area contributed by atoms with Crippen LogP contribution in [0.4, 0.5) is 5.69 Å². The van der Waals surface area contributed by atoms with Gasteiger partial charge in [0.15, 0.2) is 12.4 Å². The predicted molar refractivity (Wildman–Crippen MR) is 97.6 cm³/mol. The maximum Gasteiger partial charge on any atom is 0.325 e. The number of carbonyl (C=O) groups is 4. The van der Waals surface area contributed by atoms with Crippen molar-refractivity contribution in [2.45, 2.75) is 18.9 Å².